The van der Waals surface area contributed by atoms with Crippen molar-refractivity contribution in [2.75, 3.05) is 0 Å². The summed E-state index contributed by atoms with van der Waals surface area (Å²) < 4.78 is 0. The summed E-state index contributed by atoms with van der Waals surface area (Å²) in [6.45, 7) is 0. The summed E-state index contributed by atoms with van der Waals surface area (Å²) in [6, 6.07) is 14.5. The van der Waals surface area contributed by atoms with Crippen LogP contribution in [0, 0.1) is 0 Å². The quantitative estimate of drug-likeness (QED) is 0.892. The van der Waals surface area contributed by atoms with E-state index in [1.807, 2.05) is 24.3 Å². The van der Waals surface area contributed by atoms with Crippen LogP contribution in [0.3, 0.4) is 0 Å². The Morgan fingerprint density at radius 1 is 1.04 bits per heavy atom. The maximum Gasteiger partial charge on any atom is 0.307 e. The van der Waals surface area contributed by atoms with Gasteiger partial charge in [-0.25, -0.2) is 0 Å². The highest BCUT2D eigenvalue weighted by atomic mass is 35.5. The van der Waals surface area contributed by atoms with E-state index in [9.17, 15) is 4.79 Å². The van der Waals surface area contributed by atoms with Crippen LogP contribution in [0.2, 0.25) is 10.0 Å². The van der Waals surface area contributed by atoms with Crippen molar-refractivity contribution in [2.24, 2.45) is 5.16 Å². The zero-order chi connectivity index (χ0) is 16.4. The highest BCUT2D eigenvalue weighted by Gasteiger charge is 2.37. The zero-order valence-corrected chi connectivity index (χ0v) is 13.5. The summed E-state index contributed by atoms with van der Waals surface area (Å²) in [6.07, 6.45) is -0.687. The minimum Gasteiger partial charge on any atom is -0.481 e. The first kappa shape index (κ1) is 15.8. The van der Waals surface area contributed by atoms with Gasteiger partial charge in [-0.3, -0.25) is 4.79 Å². The van der Waals surface area contributed by atoms with Crippen LogP contribution in [0.1, 0.15) is 23.5 Å². The van der Waals surface area contributed by atoms with Gasteiger partial charge in [0.1, 0.15) is 0 Å². The third kappa shape index (κ3) is 3.49. The molecule has 4 nitrogen and oxygen atoms in total. The van der Waals surface area contributed by atoms with E-state index in [0.717, 1.165) is 11.1 Å². The largest absolute Gasteiger partial charge is 0.481 e. The van der Waals surface area contributed by atoms with Crippen LogP contribution in [-0.4, -0.2) is 22.9 Å². The molecule has 2 atom stereocenters. The number of carbonyl (C=O) groups is 1. The Bertz CT molecular complexity index is 741. The lowest BCUT2D eigenvalue weighted by atomic mass is 9.85. The van der Waals surface area contributed by atoms with Gasteiger partial charge in [0.2, 0.25) is 0 Å². The van der Waals surface area contributed by atoms with Crippen LogP contribution in [0.25, 0.3) is 0 Å². The van der Waals surface area contributed by atoms with Crippen molar-refractivity contribution in [1.29, 1.82) is 0 Å². The van der Waals surface area contributed by atoms with Gasteiger partial charge in [-0.2, -0.15) is 0 Å². The molecule has 0 aliphatic carbocycles. The molecule has 0 unspecified atom stereocenters. The molecule has 1 aliphatic heterocycles. The summed E-state index contributed by atoms with van der Waals surface area (Å²) in [5.74, 6) is -1.20. The minimum atomic E-state index is -0.929. The van der Waals surface area contributed by atoms with E-state index in [1.165, 1.54) is 0 Å². The molecule has 1 heterocycles. The van der Waals surface area contributed by atoms with E-state index in [4.69, 9.17) is 33.1 Å². The number of aliphatic carboxylic acids is 1. The van der Waals surface area contributed by atoms with Gasteiger partial charge in [-0.1, -0.05) is 52.6 Å². The topological polar surface area (TPSA) is 58.9 Å². The first-order valence-electron chi connectivity index (χ1n) is 7.01. The highest BCUT2D eigenvalue weighted by molar-refractivity contribution is 6.31. The van der Waals surface area contributed by atoms with Crippen LogP contribution < -0.4 is 0 Å². The van der Waals surface area contributed by atoms with Gasteiger partial charge < -0.3 is 9.94 Å². The second-order valence-corrected chi connectivity index (χ2v) is 6.13. The maximum atomic E-state index is 11.1. The third-order valence-corrected chi connectivity index (χ3v) is 4.20. The fourth-order valence-electron chi connectivity index (χ4n) is 2.64. The van der Waals surface area contributed by atoms with Gasteiger partial charge >= 0.3 is 5.97 Å². The molecule has 6 heteroatoms. The van der Waals surface area contributed by atoms with Crippen LogP contribution in [0.15, 0.2) is 53.7 Å². The fourth-order valence-corrected chi connectivity index (χ4v) is 2.89. The lowest BCUT2D eigenvalue weighted by Gasteiger charge is -2.18. The van der Waals surface area contributed by atoms with Gasteiger partial charge in [-0.05, 0) is 29.8 Å². The molecule has 0 aromatic heterocycles. The van der Waals surface area contributed by atoms with E-state index in [0.29, 0.717) is 15.8 Å². The first-order chi connectivity index (χ1) is 11.0. The molecule has 0 fully saturated rings. The number of oxime groups is 1. The molecule has 0 spiro atoms. The Morgan fingerprint density at radius 2 is 1.61 bits per heavy atom. The van der Waals surface area contributed by atoms with Crippen molar-refractivity contribution in [3.05, 3.63) is 69.7 Å². The molecule has 3 rings (SSSR count). The van der Waals surface area contributed by atoms with Gasteiger partial charge in [-0.15, -0.1) is 0 Å². The van der Waals surface area contributed by atoms with Gasteiger partial charge in [0.25, 0.3) is 0 Å². The maximum absolute atomic E-state index is 11.1. The van der Waals surface area contributed by atoms with E-state index in [2.05, 4.69) is 5.16 Å². The molecule has 0 bridgehead atoms. The van der Waals surface area contributed by atoms with E-state index < -0.39 is 12.1 Å². The SMILES string of the molecule is O=C(O)C[C@H]1ON=C(c2ccc(Cl)cc2)[C@@H]1c1ccc(Cl)cc1. The molecule has 23 heavy (non-hydrogen) atoms. The Kier molecular flexibility index (Phi) is 4.55. The number of rotatable bonds is 4. The number of benzene rings is 2. The normalized spacial score (nSPS) is 20.0. The summed E-state index contributed by atoms with van der Waals surface area (Å²) in [5, 5.41) is 14.5. The van der Waals surface area contributed by atoms with Crippen LogP contribution in [-0.2, 0) is 9.63 Å². The zero-order valence-electron chi connectivity index (χ0n) is 11.9. The minimum absolute atomic E-state index is 0.131. The molecule has 0 saturated heterocycles. The van der Waals surface area contributed by atoms with Gasteiger partial charge in [0.15, 0.2) is 6.10 Å². The Balaban J connectivity index is 1.98. The lowest BCUT2D eigenvalue weighted by molar-refractivity contribution is -0.139. The van der Waals surface area contributed by atoms with Crippen molar-refractivity contribution in [3.8, 4) is 0 Å². The average molecular weight is 350 g/mol. The Hall–Kier alpha value is -2.04. The lowest BCUT2D eigenvalue weighted by Crippen LogP contribution is -2.24. The molecular weight excluding hydrogens is 337 g/mol. The highest BCUT2D eigenvalue weighted by Crippen LogP contribution is 2.34. The van der Waals surface area contributed by atoms with Crippen LogP contribution in [0.5, 0.6) is 0 Å². The number of carboxylic acids is 1. The Morgan fingerprint density at radius 3 is 2.17 bits per heavy atom. The number of carboxylic acid groups (broad SMARTS) is 1. The Labute approximate surface area is 143 Å². The van der Waals surface area contributed by atoms with Crippen molar-refractivity contribution in [1.82, 2.24) is 0 Å². The smallest absolute Gasteiger partial charge is 0.307 e. The molecular formula is C17H13Cl2NO3. The van der Waals surface area contributed by atoms with Crippen molar-refractivity contribution in [3.63, 3.8) is 0 Å². The fraction of sp³-hybridized carbons (Fsp3) is 0.176. The molecule has 2 aromatic carbocycles. The van der Waals surface area contributed by atoms with Crippen molar-refractivity contribution < 1.29 is 14.7 Å². The molecule has 118 valence electrons. The standard InChI is InChI=1S/C17H13Cl2NO3/c18-12-5-1-10(2-6-12)16-14(9-15(21)22)23-20-17(16)11-3-7-13(19)8-4-11/h1-8,14,16H,9H2,(H,21,22)/t14-,16-/m1/s1. The number of hydrogen-bond acceptors (Lipinski definition) is 3. The van der Waals surface area contributed by atoms with Gasteiger partial charge in [0.05, 0.1) is 18.1 Å². The molecule has 0 amide bonds. The second kappa shape index (κ2) is 6.60. The number of halogens is 2. The summed E-state index contributed by atoms with van der Waals surface area (Å²) in [7, 11) is 0. The van der Waals surface area contributed by atoms with Crippen LogP contribution >= 0.6 is 23.2 Å². The first-order valence-corrected chi connectivity index (χ1v) is 7.77. The molecule has 0 saturated carbocycles. The predicted molar refractivity (Wildman–Crippen MR) is 89.3 cm³/mol. The van der Waals surface area contributed by atoms with Gasteiger partial charge in [0, 0.05) is 15.6 Å². The molecule has 1 aliphatic rings. The summed E-state index contributed by atoms with van der Waals surface area (Å²) >= 11 is 11.9. The van der Waals surface area contributed by atoms with Crippen molar-refractivity contribution >= 4 is 34.9 Å². The van der Waals surface area contributed by atoms with Crippen LogP contribution in [0.4, 0.5) is 0 Å². The van der Waals surface area contributed by atoms with E-state index in [1.54, 1.807) is 24.3 Å². The third-order valence-electron chi connectivity index (χ3n) is 3.70. The number of hydrogen-bond donors (Lipinski definition) is 1. The van der Waals surface area contributed by atoms with E-state index in [-0.39, 0.29) is 12.3 Å². The molecule has 2 aromatic rings. The predicted octanol–water partition coefficient (Wildman–Crippen LogP) is 4.35. The molecule has 1 N–H and O–H groups in total. The number of nitrogens with zero attached hydrogens (tertiary/aromatic N) is 1. The molecule has 0 radical (unpaired) electrons. The van der Waals surface area contributed by atoms with Crippen molar-refractivity contribution in [2.45, 2.75) is 18.4 Å². The van der Waals surface area contributed by atoms with E-state index >= 15 is 0 Å². The second-order valence-electron chi connectivity index (χ2n) is 5.25. The average Bonchev–Trinajstić information content (AvgIpc) is 2.92. The monoisotopic (exact) mass is 349 g/mol. The summed E-state index contributed by atoms with van der Waals surface area (Å²) in [5.41, 5.74) is 2.45. The summed E-state index contributed by atoms with van der Waals surface area (Å²) in [4.78, 5) is 16.5.